The molecule has 0 saturated carbocycles. The number of nitrogens with zero attached hydrogens (tertiary/aromatic N) is 2. The van der Waals surface area contributed by atoms with Crippen molar-refractivity contribution in [2.75, 3.05) is 36.5 Å². The van der Waals surface area contributed by atoms with Gasteiger partial charge in [0.15, 0.2) is 18.2 Å². The molecule has 3 aliphatic rings. The van der Waals surface area contributed by atoms with Crippen LogP contribution >= 0.6 is 0 Å². The summed E-state index contributed by atoms with van der Waals surface area (Å²) in [4.78, 5) is 29.9. The average Bonchev–Trinajstić information content (AvgIpc) is 3.30. The topological polar surface area (TPSA) is 114 Å². The maximum atomic E-state index is 12.5. The van der Waals surface area contributed by atoms with Crippen LogP contribution in [0.3, 0.4) is 0 Å². The number of amides is 2. The average molecular weight is 544 g/mol. The van der Waals surface area contributed by atoms with Crippen molar-refractivity contribution in [1.82, 2.24) is 15.6 Å². The van der Waals surface area contributed by atoms with Gasteiger partial charge in [0.25, 0.3) is 5.91 Å². The largest absolute Gasteiger partial charge is 0.489 e. The minimum Gasteiger partial charge on any atom is -0.489 e. The number of benzene rings is 2. The van der Waals surface area contributed by atoms with Gasteiger partial charge in [-0.05, 0) is 79.9 Å². The Bertz CT molecular complexity index is 1390. The van der Waals surface area contributed by atoms with Crippen molar-refractivity contribution in [3.05, 3.63) is 66.2 Å². The van der Waals surface area contributed by atoms with Crippen molar-refractivity contribution >= 4 is 23.6 Å². The van der Waals surface area contributed by atoms with Crippen LogP contribution in [-0.2, 0) is 16.1 Å². The first-order valence-corrected chi connectivity index (χ1v) is 13.7. The molecule has 0 aliphatic carbocycles. The molecule has 3 aromatic rings. The third-order valence-electron chi connectivity index (χ3n) is 7.43. The quantitative estimate of drug-likeness (QED) is 0.332. The summed E-state index contributed by atoms with van der Waals surface area (Å²) in [6.07, 6.45) is 1.25. The number of cyclic esters (lactones) is 1. The predicted molar refractivity (Wildman–Crippen MR) is 151 cm³/mol. The number of hydrogen-bond donors (Lipinski definition) is 3. The van der Waals surface area contributed by atoms with E-state index in [1.165, 1.54) is 10.5 Å². The molecule has 10 nitrogen and oxygen atoms in total. The SMILES string of the molecule is C[C@H](Oc1cccc(-c2cccc(CNCCC3CN(c4ccc5c(n4)NC(=O)CO5)C(=O)O3)c2)c1)C1CCN1. The van der Waals surface area contributed by atoms with E-state index in [9.17, 15) is 9.59 Å². The van der Waals surface area contributed by atoms with Crippen LogP contribution < -0.4 is 30.3 Å². The molecular formula is C30H33N5O5. The Kier molecular flexibility index (Phi) is 7.52. The summed E-state index contributed by atoms with van der Waals surface area (Å²) >= 11 is 0. The molecule has 1 aromatic heterocycles. The van der Waals surface area contributed by atoms with E-state index in [-0.39, 0.29) is 24.7 Å². The highest BCUT2D eigenvalue weighted by Gasteiger charge is 2.33. The molecule has 3 aliphatic heterocycles. The number of pyridine rings is 1. The van der Waals surface area contributed by atoms with Gasteiger partial charge in [0, 0.05) is 12.6 Å². The third kappa shape index (κ3) is 5.88. The molecule has 2 amide bonds. The minimum absolute atomic E-state index is 0.0426. The van der Waals surface area contributed by atoms with Gasteiger partial charge in [0.2, 0.25) is 0 Å². The number of fused-ring (bicyclic) bond motifs is 1. The number of ether oxygens (including phenoxy) is 3. The highest BCUT2D eigenvalue weighted by atomic mass is 16.6. The molecule has 3 N–H and O–H groups in total. The van der Waals surface area contributed by atoms with Gasteiger partial charge in [-0.1, -0.05) is 30.3 Å². The fraction of sp³-hybridized carbons (Fsp3) is 0.367. The van der Waals surface area contributed by atoms with E-state index >= 15 is 0 Å². The van der Waals surface area contributed by atoms with E-state index in [1.54, 1.807) is 12.1 Å². The Morgan fingerprint density at radius 3 is 2.77 bits per heavy atom. The van der Waals surface area contributed by atoms with Crippen LogP contribution in [0.1, 0.15) is 25.3 Å². The third-order valence-corrected chi connectivity index (χ3v) is 7.43. The zero-order valence-corrected chi connectivity index (χ0v) is 22.4. The van der Waals surface area contributed by atoms with Crippen molar-refractivity contribution in [2.24, 2.45) is 0 Å². The Hall–Kier alpha value is -4.15. The summed E-state index contributed by atoms with van der Waals surface area (Å²) in [5.74, 6) is 1.83. The number of carbonyl (C=O) groups excluding carboxylic acids is 2. The lowest BCUT2D eigenvalue weighted by Gasteiger charge is -2.33. The highest BCUT2D eigenvalue weighted by molar-refractivity contribution is 5.95. The molecule has 6 rings (SSSR count). The molecule has 4 heterocycles. The summed E-state index contributed by atoms with van der Waals surface area (Å²) < 4.78 is 17.1. The van der Waals surface area contributed by atoms with Crippen LogP contribution in [0.25, 0.3) is 11.1 Å². The van der Waals surface area contributed by atoms with Gasteiger partial charge in [-0.15, -0.1) is 0 Å². The molecule has 2 saturated heterocycles. The molecule has 0 bridgehead atoms. The first-order chi connectivity index (χ1) is 19.5. The highest BCUT2D eigenvalue weighted by Crippen LogP contribution is 2.30. The van der Waals surface area contributed by atoms with Gasteiger partial charge in [0.05, 0.1) is 6.54 Å². The van der Waals surface area contributed by atoms with Gasteiger partial charge < -0.3 is 30.2 Å². The maximum Gasteiger partial charge on any atom is 0.415 e. The van der Waals surface area contributed by atoms with Crippen LogP contribution in [0.15, 0.2) is 60.7 Å². The van der Waals surface area contributed by atoms with Crippen LogP contribution in [0.5, 0.6) is 11.5 Å². The molecule has 0 spiro atoms. The van der Waals surface area contributed by atoms with Crippen molar-refractivity contribution < 1.29 is 23.8 Å². The van der Waals surface area contributed by atoms with E-state index in [0.717, 1.165) is 29.8 Å². The minimum atomic E-state index is -0.447. The number of hydrogen-bond acceptors (Lipinski definition) is 8. The zero-order valence-electron chi connectivity index (χ0n) is 22.4. The Morgan fingerprint density at radius 1 is 1.12 bits per heavy atom. The summed E-state index contributed by atoms with van der Waals surface area (Å²) in [6, 6.07) is 20.5. The molecule has 3 atom stereocenters. The molecule has 2 aromatic carbocycles. The Balaban J connectivity index is 0.996. The van der Waals surface area contributed by atoms with E-state index in [1.807, 2.05) is 12.1 Å². The number of nitrogens with one attached hydrogen (secondary N) is 3. The smallest absolute Gasteiger partial charge is 0.415 e. The van der Waals surface area contributed by atoms with Gasteiger partial charge >= 0.3 is 6.09 Å². The van der Waals surface area contributed by atoms with Gasteiger partial charge in [0.1, 0.15) is 23.8 Å². The lowest BCUT2D eigenvalue weighted by atomic mass is 10.0. The van der Waals surface area contributed by atoms with Gasteiger partial charge in [-0.3, -0.25) is 9.69 Å². The van der Waals surface area contributed by atoms with Crippen LogP contribution in [0, 0.1) is 0 Å². The molecular weight excluding hydrogens is 510 g/mol. The van der Waals surface area contributed by atoms with Crippen LogP contribution in [0.2, 0.25) is 0 Å². The second kappa shape index (κ2) is 11.5. The fourth-order valence-electron chi connectivity index (χ4n) is 5.08. The standard InChI is InChI=1S/C30H33N5O5/c1-19(25-11-13-32-25)39-23-7-3-6-22(15-23)21-5-2-4-20(14-21)16-31-12-10-24-17-35(30(37)40-24)27-9-8-26-29(33-27)34-28(36)18-38-26/h2-9,14-15,19,24-25,31-32H,10-13,16-18H2,1H3,(H,33,34,36)/t19-,24?,25?/m0/s1. The molecule has 40 heavy (non-hydrogen) atoms. The number of carbonyl (C=O) groups is 2. The van der Waals surface area contributed by atoms with Crippen molar-refractivity contribution in [3.63, 3.8) is 0 Å². The first-order valence-electron chi connectivity index (χ1n) is 13.7. The van der Waals surface area contributed by atoms with Crippen molar-refractivity contribution in [3.8, 4) is 22.6 Å². The number of anilines is 2. The first kappa shape index (κ1) is 26.1. The zero-order chi connectivity index (χ0) is 27.5. The summed E-state index contributed by atoms with van der Waals surface area (Å²) in [7, 11) is 0. The van der Waals surface area contributed by atoms with Crippen LogP contribution in [-0.4, -0.2) is 61.5 Å². The van der Waals surface area contributed by atoms with E-state index in [0.29, 0.717) is 49.5 Å². The lowest BCUT2D eigenvalue weighted by molar-refractivity contribution is -0.118. The van der Waals surface area contributed by atoms with E-state index in [2.05, 4.69) is 64.3 Å². The lowest BCUT2D eigenvalue weighted by Crippen LogP contribution is -2.51. The maximum absolute atomic E-state index is 12.5. The van der Waals surface area contributed by atoms with Crippen molar-refractivity contribution in [2.45, 2.75) is 44.6 Å². The molecule has 0 radical (unpaired) electrons. The Labute approximate surface area is 233 Å². The Morgan fingerprint density at radius 2 is 1.95 bits per heavy atom. The van der Waals surface area contributed by atoms with Crippen molar-refractivity contribution in [1.29, 1.82) is 0 Å². The van der Waals surface area contributed by atoms with Gasteiger partial charge in [-0.25, -0.2) is 9.78 Å². The molecule has 2 fully saturated rings. The molecule has 2 unspecified atom stereocenters. The van der Waals surface area contributed by atoms with E-state index < -0.39 is 6.09 Å². The fourth-order valence-corrected chi connectivity index (χ4v) is 5.08. The molecule has 208 valence electrons. The number of aromatic nitrogens is 1. The summed E-state index contributed by atoms with van der Waals surface area (Å²) in [5.41, 5.74) is 3.43. The molecule has 10 heteroatoms. The van der Waals surface area contributed by atoms with Crippen LogP contribution in [0.4, 0.5) is 16.4 Å². The second-order valence-electron chi connectivity index (χ2n) is 10.3. The monoisotopic (exact) mass is 543 g/mol. The second-order valence-corrected chi connectivity index (χ2v) is 10.3. The summed E-state index contributed by atoms with van der Waals surface area (Å²) in [5, 5.41) is 9.54. The normalized spacial score (nSPS) is 20.6. The summed E-state index contributed by atoms with van der Waals surface area (Å²) in [6.45, 7) is 4.91. The van der Waals surface area contributed by atoms with Gasteiger partial charge in [-0.2, -0.15) is 0 Å². The predicted octanol–water partition coefficient (Wildman–Crippen LogP) is 3.71. The number of rotatable bonds is 10. The van der Waals surface area contributed by atoms with E-state index in [4.69, 9.17) is 14.2 Å².